The molecule has 2 aromatic carbocycles. The normalized spacial score (nSPS) is 10.9. The van der Waals surface area contributed by atoms with Gasteiger partial charge in [-0.25, -0.2) is 9.36 Å². The molecule has 0 aliphatic rings. The maximum Gasteiger partial charge on any atom is 0.295 e. The molecule has 1 amide bonds. The van der Waals surface area contributed by atoms with Gasteiger partial charge in [0, 0.05) is 18.5 Å². The Labute approximate surface area is 196 Å². The zero-order chi connectivity index (χ0) is 24.2. The lowest BCUT2D eigenvalue weighted by Crippen LogP contribution is -2.29. The number of benzene rings is 2. The molecule has 0 unspecified atom stereocenters. The summed E-state index contributed by atoms with van der Waals surface area (Å²) < 4.78 is 13.8. The molecule has 2 aromatic heterocycles. The van der Waals surface area contributed by atoms with Gasteiger partial charge in [0.25, 0.3) is 5.56 Å². The van der Waals surface area contributed by atoms with Gasteiger partial charge in [-0.1, -0.05) is 30.3 Å². The fourth-order valence-electron chi connectivity index (χ4n) is 4.04. The van der Waals surface area contributed by atoms with E-state index in [-0.39, 0.29) is 31.0 Å². The largest absolute Gasteiger partial charge is 0.493 e. The van der Waals surface area contributed by atoms with Gasteiger partial charge < -0.3 is 14.8 Å². The van der Waals surface area contributed by atoms with Crippen LogP contribution in [0.2, 0.25) is 0 Å². The zero-order valence-corrected chi connectivity index (χ0v) is 19.7. The monoisotopic (exact) mass is 461 g/mol. The van der Waals surface area contributed by atoms with Crippen molar-refractivity contribution in [3.63, 3.8) is 0 Å². The standard InChI is InChI=1S/C25H27N5O4/c1-16-22-17(2)30(19-10-6-5-7-11-19)28-23(22)25(32)29(27-16)14-13-21(31)26-15-18-9-8-12-20(33-3)24(18)34-4/h5-12H,13-15H2,1-4H3,(H,26,31). The first kappa shape index (κ1) is 23.0. The summed E-state index contributed by atoms with van der Waals surface area (Å²) in [5, 5.41) is 12.6. The quantitative estimate of drug-likeness (QED) is 0.433. The second-order valence-electron chi connectivity index (χ2n) is 7.85. The van der Waals surface area contributed by atoms with Crippen molar-refractivity contribution < 1.29 is 14.3 Å². The minimum absolute atomic E-state index is 0.0997. The third kappa shape index (κ3) is 4.36. The number of nitrogens with zero attached hydrogens (tertiary/aromatic N) is 4. The molecular weight excluding hydrogens is 434 g/mol. The van der Waals surface area contributed by atoms with Crippen LogP contribution < -0.4 is 20.3 Å². The second-order valence-corrected chi connectivity index (χ2v) is 7.85. The van der Waals surface area contributed by atoms with Crippen LogP contribution in [0.3, 0.4) is 0 Å². The fourth-order valence-corrected chi connectivity index (χ4v) is 4.04. The first-order chi connectivity index (χ1) is 16.4. The molecule has 0 aliphatic carbocycles. The number of carbonyl (C=O) groups excluding carboxylic acids is 1. The number of amides is 1. The molecule has 9 heteroatoms. The van der Waals surface area contributed by atoms with Gasteiger partial charge in [0.2, 0.25) is 5.91 Å². The third-order valence-corrected chi connectivity index (χ3v) is 5.70. The van der Waals surface area contributed by atoms with E-state index in [1.165, 1.54) is 4.68 Å². The average molecular weight is 462 g/mol. The molecule has 4 rings (SSSR count). The Morgan fingerprint density at radius 2 is 1.76 bits per heavy atom. The van der Waals surface area contributed by atoms with Crippen molar-refractivity contribution in [3.8, 4) is 17.2 Å². The van der Waals surface area contributed by atoms with Gasteiger partial charge in [0.15, 0.2) is 17.0 Å². The van der Waals surface area contributed by atoms with E-state index in [4.69, 9.17) is 9.47 Å². The molecule has 0 saturated carbocycles. The Morgan fingerprint density at radius 3 is 2.47 bits per heavy atom. The summed E-state index contributed by atoms with van der Waals surface area (Å²) >= 11 is 0. The number of carbonyl (C=O) groups is 1. The molecule has 0 saturated heterocycles. The molecule has 9 nitrogen and oxygen atoms in total. The highest BCUT2D eigenvalue weighted by Crippen LogP contribution is 2.30. The second kappa shape index (κ2) is 9.78. The SMILES string of the molecule is COc1cccc(CNC(=O)CCn2nc(C)c3c(C)n(-c4ccccc4)nc3c2=O)c1OC. The summed E-state index contributed by atoms with van der Waals surface area (Å²) in [6, 6.07) is 15.1. The number of aromatic nitrogens is 4. The van der Waals surface area contributed by atoms with E-state index >= 15 is 0 Å². The highest BCUT2D eigenvalue weighted by molar-refractivity contribution is 5.83. The van der Waals surface area contributed by atoms with Gasteiger partial charge in [-0.05, 0) is 32.0 Å². The van der Waals surface area contributed by atoms with Crippen molar-refractivity contribution in [3.05, 3.63) is 75.8 Å². The number of nitrogens with one attached hydrogen (secondary N) is 1. The molecule has 1 N–H and O–H groups in total. The fraction of sp³-hybridized carbons (Fsp3) is 0.280. The van der Waals surface area contributed by atoms with Gasteiger partial charge in [-0.15, -0.1) is 0 Å². The van der Waals surface area contributed by atoms with Gasteiger partial charge in [-0.3, -0.25) is 9.59 Å². The first-order valence-electron chi connectivity index (χ1n) is 10.9. The van der Waals surface area contributed by atoms with E-state index in [9.17, 15) is 9.59 Å². The number of para-hydroxylation sites is 2. The average Bonchev–Trinajstić information content (AvgIpc) is 3.22. The molecule has 0 aliphatic heterocycles. The summed E-state index contributed by atoms with van der Waals surface area (Å²) in [5.74, 6) is 0.968. The number of hydrogen-bond acceptors (Lipinski definition) is 6. The van der Waals surface area contributed by atoms with Crippen molar-refractivity contribution >= 4 is 16.8 Å². The molecule has 0 atom stereocenters. The maximum absolute atomic E-state index is 13.1. The number of hydrogen-bond donors (Lipinski definition) is 1. The molecule has 176 valence electrons. The Bertz CT molecular complexity index is 1390. The molecule has 0 bridgehead atoms. The minimum atomic E-state index is -0.319. The summed E-state index contributed by atoms with van der Waals surface area (Å²) in [6.45, 7) is 4.19. The van der Waals surface area contributed by atoms with E-state index in [1.807, 2.05) is 56.3 Å². The maximum atomic E-state index is 13.1. The van der Waals surface area contributed by atoms with E-state index in [0.29, 0.717) is 22.7 Å². The van der Waals surface area contributed by atoms with E-state index in [1.54, 1.807) is 25.0 Å². The smallest absolute Gasteiger partial charge is 0.295 e. The van der Waals surface area contributed by atoms with Crippen LogP contribution in [0.15, 0.2) is 53.3 Å². The Balaban J connectivity index is 1.50. The summed E-state index contributed by atoms with van der Waals surface area (Å²) in [6.07, 6.45) is 0.0997. The summed E-state index contributed by atoms with van der Waals surface area (Å²) in [7, 11) is 3.12. The van der Waals surface area contributed by atoms with Crippen LogP contribution >= 0.6 is 0 Å². The van der Waals surface area contributed by atoms with E-state index in [2.05, 4.69) is 15.5 Å². The first-order valence-corrected chi connectivity index (χ1v) is 10.9. The summed E-state index contributed by atoms with van der Waals surface area (Å²) in [5.41, 5.74) is 3.23. The van der Waals surface area contributed by atoms with Crippen LogP contribution in [0.4, 0.5) is 0 Å². The van der Waals surface area contributed by atoms with Crippen molar-refractivity contribution in [2.45, 2.75) is 33.4 Å². The lowest BCUT2D eigenvalue weighted by atomic mass is 10.2. The van der Waals surface area contributed by atoms with Gasteiger partial charge in [0.05, 0.1) is 43.2 Å². The minimum Gasteiger partial charge on any atom is -0.493 e. The number of ether oxygens (including phenoxy) is 2. The Morgan fingerprint density at radius 1 is 1.00 bits per heavy atom. The molecule has 0 radical (unpaired) electrons. The lowest BCUT2D eigenvalue weighted by molar-refractivity contribution is -0.121. The number of fused-ring (bicyclic) bond motifs is 1. The van der Waals surface area contributed by atoms with Crippen molar-refractivity contribution in [2.24, 2.45) is 0 Å². The van der Waals surface area contributed by atoms with Crippen molar-refractivity contribution in [2.75, 3.05) is 14.2 Å². The predicted octanol–water partition coefficient (Wildman–Crippen LogP) is 2.92. The molecule has 0 fully saturated rings. The van der Waals surface area contributed by atoms with Gasteiger partial charge in [0.1, 0.15) is 0 Å². The Hall–Kier alpha value is -4.14. The molecule has 4 aromatic rings. The van der Waals surface area contributed by atoms with Crippen LogP contribution in [0.25, 0.3) is 16.6 Å². The van der Waals surface area contributed by atoms with Crippen molar-refractivity contribution in [1.82, 2.24) is 24.9 Å². The van der Waals surface area contributed by atoms with Crippen LogP contribution in [0, 0.1) is 13.8 Å². The predicted molar refractivity (Wildman–Crippen MR) is 129 cm³/mol. The van der Waals surface area contributed by atoms with Crippen LogP contribution in [-0.4, -0.2) is 39.7 Å². The topological polar surface area (TPSA) is 100 Å². The molecule has 2 heterocycles. The number of aryl methyl sites for hydroxylation is 3. The lowest BCUT2D eigenvalue weighted by Gasteiger charge is -2.13. The molecule has 0 spiro atoms. The third-order valence-electron chi connectivity index (χ3n) is 5.70. The highest BCUT2D eigenvalue weighted by Gasteiger charge is 2.18. The van der Waals surface area contributed by atoms with E-state index < -0.39 is 0 Å². The van der Waals surface area contributed by atoms with Gasteiger partial charge in [-0.2, -0.15) is 10.2 Å². The summed E-state index contributed by atoms with van der Waals surface area (Å²) in [4.78, 5) is 25.6. The number of methoxy groups -OCH3 is 2. The van der Waals surface area contributed by atoms with Gasteiger partial charge >= 0.3 is 0 Å². The van der Waals surface area contributed by atoms with Crippen molar-refractivity contribution in [1.29, 1.82) is 0 Å². The molecule has 34 heavy (non-hydrogen) atoms. The molecular formula is C25H27N5O4. The zero-order valence-electron chi connectivity index (χ0n) is 19.7. The van der Waals surface area contributed by atoms with E-state index in [0.717, 1.165) is 22.3 Å². The Kier molecular flexibility index (Phi) is 6.62. The van der Waals surface area contributed by atoms with Crippen LogP contribution in [0.1, 0.15) is 23.4 Å². The van der Waals surface area contributed by atoms with Crippen LogP contribution in [0.5, 0.6) is 11.5 Å². The van der Waals surface area contributed by atoms with Crippen LogP contribution in [-0.2, 0) is 17.9 Å². The number of rotatable bonds is 8. The highest BCUT2D eigenvalue weighted by atomic mass is 16.5.